The van der Waals surface area contributed by atoms with Crippen LogP contribution in [-0.4, -0.2) is 26.9 Å². The Bertz CT molecular complexity index is 1000. The third kappa shape index (κ3) is 5.08. The summed E-state index contributed by atoms with van der Waals surface area (Å²) in [6.45, 7) is 1.69. The maximum absolute atomic E-state index is 12.2. The smallest absolute Gasteiger partial charge is 0.285 e. The summed E-state index contributed by atoms with van der Waals surface area (Å²) >= 11 is 2.41. The number of hydrogen-bond donors (Lipinski definition) is 1. The van der Waals surface area contributed by atoms with Gasteiger partial charge in [0.1, 0.15) is 4.38 Å². The Morgan fingerprint density at radius 1 is 1.29 bits per heavy atom. The molecule has 2 amide bonds. The van der Waals surface area contributed by atoms with Crippen LogP contribution in [0.3, 0.4) is 0 Å². The van der Waals surface area contributed by atoms with Gasteiger partial charge in [0.05, 0.1) is 15.6 Å². The van der Waals surface area contributed by atoms with Crippen LogP contribution in [0.15, 0.2) is 58.4 Å². The van der Waals surface area contributed by atoms with E-state index in [9.17, 15) is 19.7 Å². The molecule has 1 aliphatic heterocycles. The summed E-state index contributed by atoms with van der Waals surface area (Å²) < 4.78 is 0.516. The van der Waals surface area contributed by atoms with Gasteiger partial charge in [0.2, 0.25) is 5.91 Å². The molecule has 0 saturated carbocycles. The highest BCUT2D eigenvalue weighted by atomic mass is 32.2. The summed E-state index contributed by atoms with van der Waals surface area (Å²) in [5.41, 5.74) is 1.99. The first-order valence-corrected chi connectivity index (χ1v) is 9.98. The molecule has 0 saturated heterocycles. The van der Waals surface area contributed by atoms with E-state index in [0.29, 0.717) is 20.5 Å². The van der Waals surface area contributed by atoms with Crippen molar-refractivity contribution in [1.82, 2.24) is 0 Å². The lowest BCUT2D eigenvalue weighted by atomic mass is 10.2. The zero-order chi connectivity index (χ0) is 20.1. The number of thioether (sulfide) groups is 2. The molecule has 1 N–H and O–H groups in total. The Hall–Kier alpha value is -2.91. The zero-order valence-corrected chi connectivity index (χ0v) is 16.4. The predicted molar refractivity (Wildman–Crippen MR) is 113 cm³/mol. The quantitative estimate of drug-likeness (QED) is 0.447. The molecule has 0 aliphatic carbocycles. The number of nitrogens with one attached hydrogen (secondary N) is 1. The first-order chi connectivity index (χ1) is 13.4. The van der Waals surface area contributed by atoms with Crippen molar-refractivity contribution in [3.63, 3.8) is 0 Å². The third-order valence-electron chi connectivity index (χ3n) is 3.72. The number of aliphatic imine (C=N–C) groups is 1. The SMILES string of the molecule is Cc1cc([N+](=O)[O-])ccc1NC(=O)CSC1=NC(=O)C(=Cc2ccccc2)S1. The lowest BCUT2D eigenvalue weighted by Crippen LogP contribution is -2.15. The lowest BCUT2D eigenvalue weighted by molar-refractivity contribution is -0.384. The molecule has 7 nitrogen and oxygen atoms in total. The van der Waals surface area contributed by atoms with E-state index in [2.05, 4.69) is 10.3 Å². The second kappa shape index (κ2) is 8.85. The van der Waals surface area contributed by atoms with Gasteiger partial charge in [0.15, 0.2) is 0 Å². The fourth-order valence-electron chi connectivity index (χ4n) is 2.37. The van der Waals surface area contributed by atoms with Gasteiger partial charge in [-0.25, -0.2) is 0 Å². The van der Waals surface area contributed by atoms with Crippen molar-refractivity contribution in [2.75, 3.05) is 11.1 Å². The molecule has 2 aromatic rings. The van der Waals surface area contributed by atoms with Crippen molar-refractivity contribution in [1.29, 1.82) is 0 Å². The van der Waals surface area contributed by atoms with Gasteiger partial charge >= 0.3 is 0 Å². The molecular weight excluding hydrogens is 398 g/mol. The van der Waals surface area contributed by atoms with Gasteiger partial charge in [0.25, 0.3) is 11.6 Å². The second-order valence-corrected chi connectivity index (χ2v) is 8.05. The highest BCUT2D eigenvalue weighted by Gasteiger charge is 2.23. The number of nitro benzene ring substituents is 1. The molecule has 0 aromatic heterocycles. The van der Waals surface area contributed by atoms with Gasteiger partial charge in [-0.05, 0) is 30.2 Å². The van der Waals surface area contributed by atoms with Crippen LogP contribution in [0.25, 0.3) is 6.08 Å². The van der Waals surface area contributed by atoms with E-state index >= 15 is 0 Å². The monoisotopic (exact) mass is 413 g/mol. The number of carbonyl (C=O) groups excluding carboxylic acids is 2. The number of amides is 2. The molecule has 0 atom stereocenters. The number of rotatable bonds is 5. The van der Waals surface area contributed by atoms with Crippen molar-refractivity contribution in [2.45, 2.75) is 6.92 Å². The summed E-state index contributed by atoms with van der Waals surface area (Å²) in [5, 5.41) is 13.5. The van der Waals surface area contributed by atoms with Crippen molar-refractivity contribution in [2.24, 2.45) is 4.99 Å². The lowest BCUT2D eigenvalue weighted by Gasteiger charge is -2.07. The average Bonchev–Trinajstić information content (AvgIpc) is 3.02. The maximum Gasteiger partial charge on any atom is 0.285 e. The minimum atomic E-state index is -0.485. The summed E-state index contributed by atoms with van der Waals surface area (Å²) in [5.74, 6) is -0.519. The van der Waals surface area contributed by atoms with Crippen LogP contribution in [0.1, 0.15) is 11.1 Å². The van der Waals surface area contributed by atoms with E-state index in [1.807, 2.05) is 30.3 Å². The standard InChI is InChI=1S/C19H15N3O4S2/c1-12-9-14(22(25)26)7-8-15(12)20-17(23)11-27-19-21-18(24)16(28-19)10-13-5-3-2-4-6-13/h2-10H,11H2,1H3,(H,20,23). The van der Waals surface area contributed by atoms with E-state index in [0.717, 1.165) is 5.56 Å². The van der Waals surface area contributed by atoms with Crippen LogP contribution in [0, 0.1) is 17.0 Å². The van der Waals surface area contributed by atoms with Crippen LogP contribution < -0.4 is 5.32 Å². The molecule has 2 aromatic carbocycles. The van der Waals surface area contributed by atoms with Crippen molar-refractivity contribution in [3.8, 4) is 0 Å². The topological polar surface area (TPSA) is 102 Å². The van der Waals surface area contributed by atoms with Gasteiger partial charge in [-0.15, -0.1) is 0 Å². The molecule has 0 radical (unpaired) electrons. The molecule has 142 valence electrons. The Morgan fingerprint density at radius 3 is 2.71 bits per heavy atom. The second-order valence-electron chi connectivity index (χ2n) is 5.80. The highest BCUT2D eigenvalue weighted by Crippen LogP contribution is 2.33. The Balaban J connectivity index is 1.55. The van der Waals surface area contributed by atoms with Crippen LogP contribution in [0.4, 0.5) is 11.4 Å². The van der Waals surface area contributed by atoms with E-state index < -0.39 is 4.92 Å². The van der Waals surface area contributed by atoms with Gasteiger partial charge in [-0.2, -0.15) is 4.99 Å². The molecule has 0 spiro atoms. The molecule has 0 bridgehead atoms. The van der Waals surface area contributed by atoms with E-state index in [1.165, 1.54) is 41.7 Å². The first-order valence-electron chi connectivity index (χ1n) is 8.17. The molecule has 9 heteroatoms. The van der Waals surface area contributed by atoms with Gasteiger partial charge < -0.3 is 5.32 Å². The first kappa shape index (κ1) is 19.8. The molecule has 0 fully saturated rings. The molecule has 1 heterocycles. The van der Waals surface area contributed by atoms with E-state index in [-0.39, 0.29) is 23.3 Å². The summed E-state index contributed by atoms with van der Waals surface area (Å²) in [6, 6.07) is 13.7. The number of carbonyl (C=O) groups is 2. The zero-order valence-electron chi connectivity index (χ0n) is 14.7. The van der Waals surface area contributed by atoms with E-state index in [4.69, 9.17) is 0 Å². The minimum absolute atomic E-state index is 0.0298. The van der Waals surface area contributed by atoms with Crippen molar-refractivity contribution in [3.05, 3.63) is 74.7 Å². The fraction of sp³-hybridized carbons (Fsp3) is 0.105. The fourth-order valence-corrected chi connectivity index (χ4v) is 4.17. The number of hydrogen-bond acceptors (Lipinski definition) is 6. The normalized spacial score (nSPS) is 14.8. The molecule has 1 aliphatic rings. The van der Waals surface area contributed by atoms with Gasteiger partial charge in [-0.1, -0.05) is 53.9 Å². The summed E-state index contributed by atoms with van der Waals surface area (Å²) in [7, 11) is 0. The largest absolute Gasteiger partial charge is 0.325 e. The van der Waals surface area contributed by atoms with Crippen molar-refractivity contribution < 1.29 is 14.5 Å². The number of aryl methyl sites for hydroxylation is 1. The highest BCUT2D eigenvalue weighted by molar-refractivity contribution is 8.41. The number of non-ortho nitro benzene ring substituents is 1. The van der Waals surface area contributed by atoms with Crippen LogP contribution >= 0.6 is 23.5 Å². The third-order valence-corrected chi connectivity index (χ3v) is 5.85. The number of nitro groups is 1. The van der Waals surface area contributed by atoms with Crippen LogP contribution in [0.2, 0.25) is 0 Å². The van der Waals surface area contributed by atoms with Crippen molar-refractivity contribution >= 4 is 57.2 Å². The average molecular weight is 413 g/mol. The number of benzene rings is 2. The van der Waals surface area contributed by atoms with Crippen LogP contribution in [0.5, 0.6) is 0 Å². The Kier molecular flexibility index (Phi) is 6.27. The molecule has 0 unspecified atom stereocenters. The van der Waals surface area contributed by atoms with E-state index in [1.54, 1.807) is 13.0 Å². The molecule has 3 rings (SSSR count). The number of anilines is 1. The summed E-state index contributed by atoms with van der Waals surface area (Å²) in [6.07, 6.45) is 1.77. The Morgan fingerprint density at radius 2 is 2.04 bits per heavy atom. The maximum atomic E-state index is 12.2. The van der Waals surface area contributed by atoms with Gasteiger partial charge in [-0.3, -0.25) is 19.7 Å². The summed E-state index contributed by atoms with van der Waals surface area (Å²) in [4.78, 5) is 39.0. The van der Waals surface area contributed by atoms with Gasteiger partial charge in [0, 0.05) is 17.8 Å². The minimum Gasteiger partial charge on any atom is -0.325 e. The molecular formula is C19H15N3O4S2. The predicted octanol–water partition coefficient (Wildman–Crippen LogP) is 4.25. The Labute approximate surface area is 169 Å². The molecule has 28 heavy (non-hydrogen) atoms. The number of nitrogens with zero attached hydrogens (tertiary/aromatic N) is 2. The van der Waals surface area contributed by atoms with Crippen LogP contribution in [-0.2, 0) is 9.59 Å².